The van der Waals surface area contributed by atoms with E-state index >= 15 is 0 Å². The zero-order chi connectivity index (χ0) is 15.2. The summed E-state index contributed by atoms with van der Waals surface area (Å²) in [6.45, 7) is 2.09. The van der Waals surface area contributed by atoms with Gasteiger partial charge in [-0.05, 0) is 41.1 Å². The molecule has 110 valence electrons. The largest absolute Gasteiger partial charge is 0.466 e. The van der Waals surface area contributed by atoms with Gasteiger partial charge in [0.25, 0.3) is 0 Å². The predicted molar refractivity (Wildman–Crippen MR) is 81.0 cm³/mol. The Labute approximate surface area is 130 Å². The molecule has 0 aliphatic carbocycles. The van der Waals surface area contributed by atoms with E-state index in [1.807, 2.05) is 6.07 Å². The van der Waals surface area contributed by atoms with E-state index in [2.05, 4.69) is 15.9 Å². The van der Waals surface area contributed by atoms with Gasteiger partial charge in [-0.2, -0.15) is 0 Å². The Morgan fingerprint density at radius 1 is 1.24 bits per heavy atom. The molecule has 5 heteroatoms. The Morgan fingerprint density at radius 2 is 2.00 bits per heavy atom. The first-order valence-electron chi connectivity index (χ1n) is 6.46. The number of halogens is 2. The zero-order valence-electron chi connectivity index (χ0n) is 11.4. The van der Waals surface area contributed by atoms with Crippen molar-refractivity contribution in [3.8, 4) is 11.5 Å². The van der Waals surface area contributed by atoms with Crippen LogP contribution in [-0.4, -0.2) is 12.6 Å². The van der Waals surface area contributed by atoms with Crippen molar-refractivity contribution in [2.24, 2.45) is 0 Å². The number of hydrogen-bond acceptors (Lipinski definition) is 3. The fraction of sp³-hybridized carbons (Fsp3) is 0.188. The first kappa shape index (κ1) is 15.5. The Hall–Kier alpha value is -1.88. The summed E-state index contributed by atoms with van der Waals surface area (Å²) in [4.78, 5) is 11.6. The first-order valence-corrected chi connectivity index (χ1v) is 7.26. The monoisotopic (exact) mass is 352 g/mol. The van der Waals surface area contributed by atoms with Crippen LogP contribution in [0, 0.1) is 5.82 Å². The maximum atomic E-state index is 13.5. The Balaban J connectivity index is 2.19. The van der Waals surface area contributed by atoms with Crippen LogP contribution in [0.25, 0.3) is 0 Å². The fourth-order valence-electron chi connectivity index (χ4n) is 1.78. The number of benzene rings is 2. The van der Waals surface area contributed by atoms with Gasteiger partial charge in [0.2, 0.25) is 0 Å². The van der Waals surface area contributed by atoms with E-state index in [0.717, 1.165) is 0 Å². The van der Waals surface area contributed by atoms with Crippen molar-refractivity contribution < 1.29 is 18.7 Å². The van der Waals surface area contributed by atoms with Gasteiger partial charge in [0.15, 0.2) is 0 Å². The molecule has 0 N–H and O–H groups in total. The highest BCUT2D eigenvalue weighted by Gasteiger charge is 2.11. The molecule has 0 amide bonds. The zero-order valence-corrected chi connectivity index (χ0v) is 13.0. The molecule has 3 nitrogen and oxygen atoms in total. The van der Waals surface area contributed by atoms with E-state index in [4.69, 9.17) is 9.47 Å². The highest BCUT2D eigenvalue weighted by atomic mass is 79.9. The van der Waals surface area contributed by atoms with Gasteiger partial charge in [0, 0.05) is 11.6 Å². The minimum atomic E-state index is -0.407. The minimum absolute atomic E-state index is 0.114. The molecule has 2 aromatic rings. The number of para-hydroxylation sites is 1. The van der Waals surface area contributed by atoms with Crippen LogP contribution >= 0.6 is 15.9 Å². The normalized spacial score (nSPS) is 10.2. The average Bonchev–Trinajstić information content (AvgIpc) is 2.45. The molecule has 2 aromatic carbocycles. The van der Waals surface area contributed by atoms with Gasteiger partial charge in [-0.15, -0.1) is 0 Å². The third kappa shape index (κ3) is 4.29. The number of rotatable bonds is 5. The SMILES string of the molecule is CCOC(=O)Cc1ccccc1Oc1ccc(Br)c(F)c1. The van der Waals surface area contributed by atoms with E-state index in [1.54, 1.807) is 37.3 Å². The van der Waals surface area contributed by atoms with Crippen LogP contribution in [-0.2, 0) is 16.0 Å². The summed E-state index contributed by atoms with van der Waals surface area (Å²) in [5.41, 5.74) is 0.694. The molecule has 0 spiro atoms. The number of carbonyl (C=O) groups is 1. The molecule has 0 unspecified atom stereocenters. The molecule has 0 aliphatic heterocycles. The van der Waals surface area contributed by atoms with Crippen LogP contribution in [0.2, 0.25) is 0 Å². The second kappa shape index (κ2) is 7.22. The lowest BCUT2D eigenvalue weighted by Crippen LogP contribution is -2.08. The second-order valence-corrected chi connectivity index (χ2v) is 5.12. The standard InChI is InChI=1S/C16H14BrFO3/c1-2-20-16(19)9-11-5-3-4-6-15(11)21-12-7-8-13(17)14(18)10-12/h3-8,10H,2,9H2,1H3. The molecule has 0 atom stereocenters. The Morgan fingerprint density at radius 3 is 2.71 bits per heavy atom. The van der Waals surface area contributed by atoms with E-state index in [-0.39, 0.29) is 12.4 Å². The van der Waals surface area contributed by atoms with Crippen molar-refractivity contribution in [2.75, 3.05) is 6.61 Å². The lowest BCUT2D eigenvalue weighted by molar-refractivity contribution is -0.142. The molecular weight excluding hydrogens is 339 g/mol. The molecule has 0 bridgehead atoms. The molecule has 0 fully saturated rings. The van der Waals surface area contributed by atoms with E-state index in [9.17, 15) is 9.18 Å². The number of ether oxygens (including phenoxy) is 2. The van der Waals surface area contributed by atoms with Gasteiger partial charge in [-0.1, -0.05) is 18.2 Å². The van der Waals surface area contributed by atoms with Gasteiger partial charge < -0.3 is 9.47 Å². The summed E-state index contributed by atoms with van der Waals surface area (Å²) in [6.07, 6.45) is 0.114. The average molecular weight is 353 g/mol. The van der Waals surface area contributed by atoms with E-state index in [0.29, 0.717) is 28.1 Å². The summed E-state index contributed by atoms with van der Waals surface area (Å²) >= 11 is 3.09. The maximum Gasteiger partial charge on any atom is 0.310 e. The minimum Gasteiger partial charge on any atom is -0.466 e. The van der Waals surface area contributed by atoms with Gasteiger partial charge in [-0.3, -0.25) is 4.79 Å². The lowest BCUT2D eigenvalue weighted by Gasteiger charge is -2.11. The van der Waals surface area contributed by atoms with Gasteiger partial charge in [-0.25, -0.2) is 4.39 Å². The second-order valence-electron chi connectivity index (χ2n) is 4.27. The Bertz CT molecular complexity index is 643. The van der Waals surface area contributed by atoms with Crippen molar-refractivity contribution in [1.82, 2.24) is 0 Å². The topological polar surface area (TPSA) is 35.5 Å². The molecule has 21 heavy (non-hydrogen) atoms. The summed E-state index contributed by atoms with van der Waals surface area (Å²) < 4.78 is 24.4. The number of esters is 1. The van der Waals surface area contributed by atoms with Crippen LogP contribution in [0.5, 0.6) is 11.5 Å². The van der Waals surface area contributed by atoms with Crippen molar-refractivity contribution in [2.45, 2.75) is 13.3 Å². The summed E-state index contributed by atoms with van der Waals surface area (Å²) in [6, 6.07) is 11.6. The van der Waals surface area contributed by atoms with Crippen LogP contribution < -0.4 is 4.74 Å². The van der Waals surface area contributed by atoms with Crippen LogP contribution in [0.4, 0.5) is 4.39 Å². The maximum absolute atomic E-state index is 13.5. The van der Waals surface area contributed by atoms with Gasteiger partial charge >= 0.3 is 5.97 Å². The van der Waals surface area contributed by atoms with Gasteiger partial charge in [0.05, 0.1) is 17.5 Å². The molecule has 0 radical (unpaired) electrons. The lowest BCUT2D eigenvalue weighted by atomic mass is 10.1. The molecule has 0 saturated carbocycles. The van der Waals surface area contributed by atoms with Crippen molar-refractivity contribution in [3.63, 3.8) is 0 Å². The van der Waals surface area contributed by atoms with Crippen LogP contribution in [0.1, 0.15) is 12.5 Å². The van der Waals surface area contributed by atoms with Crippen LogP contribution in [0.15, 0.2) is 46.9 Å². The smallest absolute Gasteiger partial charge is 0.310 e. The first-order chi connectivity index (χ1) is 10.1. The highest BCUT2D eigenvalue weighted by Crippen LogP contribution is 2.28. The number of hydrogen-bond donors (Lipinski definition) is 0. The van der Waals surface area contributed by atoms with E-state index < -0.39 is 5.82 Å². The summed E-state index contributed by atoms with van der Waals surface area (Å²) in [7, 11) is 0. The van der Waals surface area contributed by atoms with E-state index in [1.165, 1.54) is 6.07 Å². The molecule has 0 saturated heterocycles. The van der Waals surface area contributed by atoms with Crippen molar-refractivity contribution in [3.05, 3.63) is 58.3 Å². The molecule has 0 aromatic heterocycles. The van der Waals surface area contributed by atoms with Crippen molar-refractivity contribution >= 4 is 21.9 Å². The Kier molecular flexibility index (Phi) is 5.33. The summed E-state index contributed by atoms with van der Waals surface area (Å²) in [5, 5.41) is 0. The molecule has 0 aliphatic rings. The molecule has 2 rings (SSSR count). The highest BCUT2D eigenvalue weighted by molar-refractivity contribution is 9.10. The third-order valence-corrected chi connectivity index (χ3v) is 3.37. The third-order valence-electron chi connectivity index (χ3n) is 2.73. The molecule has 0 heterocycles. The number of carbonyl (C=O) groups excluding carboxylic acids is 1. The van der Waals surface area contributed by atoms with Gasteiger partial charge in [0.1, 0.15) is 17.3 Å². The fourth-order valence-corrected chi connectivity index (χ4v) is 2.03. The van der Waals surface area contributed by atoms with Crippen molar-refractivity contribution in [1.29, 1.82) is 0 Å². The quantitative estimate of drug-likeness (QED) is 0.744. The molecular formula is C16H14BrFO3. The predicted octanol–water partition coefficient (Wildman–Crippen LogP) is 4.49. The van der Waals surface area contributed by atoms with Crippen LogP contribution in [0.3, 0.4) is 0 Å². The summed E-state index contributed by atoms with van der Waals surface area (Å²) in [5.74, 6) is 0.144.